The third-order valence-electron chi connectivity index (χ3n) is 3.27. The summed E-state index contributed by atoms with van der Waals surface area (Å²) in [7, 11) is 1.92. The summed E-state index contributed by atoms with van der Waals surface area (Å²) in [5, 5.41) is 10.5. The molecule has 3 nitrogen and oxygen atoms in total. The van der Waals surface area contributed by atoms with E-state index in [0.29, 0.717) is 5.92 Å². The molecule has 0 aromatic carbocycles. The zero-order chi connectivity index (χ0) is 10.9. The summed E-state index contributed by atoms with van der Waals surface area (Å²) in [5.74, 6) is 1.36. The monoisotopic (exact) mass is 206 g/mol. The number of aromatic nitrogens is 2. The molecule has 0 fully saturated rings. The van der Waals surface area contributed by atoms with Crippen LogP contribution in [0, 0.1) is 5.92 Å². The highest BCUT2D eigenvalue weighted by Crippen LogP contribution is 2.34. The Bertz CT molecular complexity index is 369. The van der Waals surface area contributed by atoms with Gasteiger partial charge in [-0.1, -0.05) is 13.0 Å². The van der Waals surface area contributed by atoms with Gasteiger partial charge in [0.15, 0.2) is 0 Å². The number of rotatable bonds is 2. The first-order chi connectivity index (χ1) is 7.15. The van der Waals surface area contributed by atoms with Gasteiger partial charge in [-0.25, -0.2) is 4.98 Å². The fourth-order valence-corrected chi connectivity index (χ4v) is 2.19. The lowest BCUT2D eigenvalue weighted by atomic mass is 9.83. The molecule has 15 heavy (non-hydrogen) atoms. The second kappa shape index (κ2) is 3.81. The van der Waals surface area contributed by atoms with Crippen molar-refractivity contribution in [1.29, 1.82) is 0 Å². The van der Waals surface area contributed by atoms with Crippen LogP contribution in [0.1, 0.15) is 32.0 Å². The van der Waals surface area contributed by atoms with Gasteiger partial charge in [-0.2, -0.15) is 0 Å². The van der Waals surface area contributed by atoms with Crippen LogP contribution in [-0.2, 0) is 12.6 Å². The standard InChI is InChI=1S/C12H18N2O/c1-3-10-4-6-12(15,7-5-10)11-13-8-9-14(11)2/h4,6,8-10,15H,3,5,7H2,1-2H3. The van der Waals surface area contributed by atoms with Crippen molar-refractivity contribution < 1.29 is 5.11 Å². The van der Waals surface area contributed by atoms with Gasteiger partial charge in [0.25, 0.3) is 0 Å². The van der Waals surface area contributed by atoms with Crippen molar-refractivity contribution in [2.24, 2.45) is 13.0 Å². The fraction of sp³-hybridized carbons (Fsp3) is 0.583. The minimum absolute atomic E-state index is 0.616. The van der Waals surface area contributed by atoms with Crippen LogP contribution in [0.15, 0.2) is 24.5 Å². The summed E-state index contributed by atoms with van der Waals surface area (Å²) in [5.41, 5.74) is -0.857. The average molecular weight is 206 g/mol. The van der Waals surface area contributed by atoms with Crippen LogP contribution in [0.4, 0.5) is 0 Å². The Balaban J connectivity index is 2.26. The van der Waals surface area contributed by atoms with Crippen molar-refractivity contribution in [3.05, 3.63) is 30.4 Å². The Morgan fingerprint density at radius 1 is 1.67 bits per heavy atom. The highest BCUT2D eigenvalue weighted by molar-refractivity contribution is 5.17. The predicted molar refractivity (Wildman–Crippen MR) is 59.3 cm³/mol. The van der Waals surface area contributed by atoms with Crippen molar-refractivity contribution in [3.8, 4) is 0 Å². The number of hydrogen-bond donors (Lipinski definition) is 1. The summed E-state index contributed by atoms with van der Waals surface area (Å²) in [6, 6.07) is 0. The van der Waals surface area contributed by atoms with Crippen molar-refractivity contribution in [3.63, 3.8) is 0 Å². The molecule has 0 radical (unpaired) electrons. The van der Waals surface area contributed by atoms with E-state index in [1.807, 2.05) is 23.9 Å². The minimum Gasteiger partial charge on any atom is -0.378 e. The molecular formula is C12H18N2O. The molecule has 1 aromatic heterocycles. The van der Waals surface area contributed by atoms with Crippen molar-refractivity contribution in [2.75, 3.05) is 0 Å². The van der Waals surface area contributed by atoms with E-state index in [0.717, 1.165) is 25.1 Å². The van der Waals surface area contributed by atoms with E-state index < -0.39 is 5.60 Å². The molecule has 0 spiro atoms. The lowest BCUT2D eigenvalue weighted by molar-refractivity contribution is 0.0543. The minimum atomic E-state index is -0.857. The first-order valence-electron chi connectivity index (χ1n) is 5.55. The molecule has 3 heteroatoms. The highest BCUT2D eigenvalue weighted by atomic mass is 16.3. The number of nitrogens with zero attached hydrogens (tertiary/aromatic N) is 2. The van der Waals surface area contributed by atoms with Gasteiger partial charge < -0.3 is 9.67 Å². The summed E-state index contributed by atoms with van der Waals surface area (Å²) in [6.07, 6.45) is 10.6. The number of imidazole rings is 1. The van der Waals surface area contributed by atoms with Gasteiger partial charge >= 0.3 is 0 Å². The predicted octanol–water partition coefficient (Wildman–Crippen LogP) is 1.98. The van der Waals surface area contributed by atoms with Crippen LogP contribution in [-0.4, -0.2) is 14.7 Å². The van der Waals surface area contributed by atoms with E-state index in [2.05, 4.69) is 18.0 Å². The van der Waals surface area contributed by atoms with Gasteiger partial charge in [0.1, 0.15) is 11.4 Å². The van der Waals surface area contributed by atoms with Gasteiger partial charge in [-0.3, -0.25) is 0 Å². The first-order valence-corrected chi connectivity index (χ1v) is 5.55. The lowest BCUT2D eigenvalue weighted by Crippen LogP contribution is -2.30. The number of allylic oxidation sites excluding steroid dienone is 1. The van der Waals surface area contributed by atoms with E-state index in [1.165, 1.54) is 0 Å². The van der Waals surface area contributed by atoms with Crippen LogP contribution in [0.3, 0.4) is 0 Å². The second-order valence-electron chi connectivity index (χ2n) is 4.35. The quantitative estimate of drug-likeness (QED) is 0.751. The second-order valence-corrected chi connectivity index (χ2v) is 4.35. The lowest BCUT2D eigenvalue weighted by Gasteiger charge is -2.30. The topological polar surface area (TPSA) is 38.1 Å². The molecule has 1 aromatic rings. The molecular weight excluding hydrogens is 188 g/mol. The van der Waals surface area contributed by atoms with Gasteiger partial charge in [0.05, 0.1) is 0 Å². The van der Waals surface area contributed by atoms with Gasteiger partial charge in [-0.05, 0) is 31.3 Å². The van der Waals surface area contributed by atoms with E-state index in [4.69, 9.17) is 0 Å². The number of aryl methyl sites for hydroxylation is 1. The van der Waals surface area contributed by atoms with Crippen LogP contribution in [0.5, 0.6) is 0 Å². The Labute approximate surface area is 90.5 Å². The van der Waals surface area contributed by atoms with Crippen molar-refractivity contribution in [2.45, 2.75) is 31.8 Å². The van der Waals surface area contributed by atoms with Crippen molar-refractivity contribution in [1.82, 2.24) is 9.55 Å². The highest BCUT2D eigenvalue weighted by Gasteiger charge is 2.33. The molecule has 1 aliphatic rings. The molecule has 2 rings (SSSR count). The number of hydrogen-bond acceptors (Lipinski definition) is 2. The van der Waals surface area contributed by atoms with Gasteiger partial charge in [0.2, 0.25) is 0 Å². The normalized spacial score (nSPS) is 30.7. The maximum absolute atomic E-state index is 10.5. The average Bonchev–Trinajstić information content (AvgIpc) is 2.66. The number of aliphatic hydroxyl groups is 1. The Kier molecular flexibility index (Phi) is 2.65. The molecule has 2 unspecified atom stereocenters. The Morgan fingerprint density at radius 2 is 2.47 bits per heavy atom. The van der Waals surface area contributed by atoms with E-state index >= 15 is 0 Å². The van der Waals surface area contributed by atoms with Crippen LogP contribution in [0.25, 0.3) is 0 Å². The van der Waals surface area contributed by atoms with E-state index in [-0.39, 0.29) is 0 Å². The molecule has 1 aliphatic carbocycles. The van der Waals surface area contributed by atoms with E-state index in [9.17, 15) is 5.11 Å². The molecule has 0 amide bonds. The van der Waals surface area contributed by atoms with E-state index in [1.54, 1.807) is 6.20 Å². The summed E-state index contributed by atoms with van der Waals surface area (Å²) < 4.78 is 1.89. The Morgan fingerprint density at radius 3 is 2.93 bits per heavy atom. The summed E-state index contributed by atoms with van der Waals surface area (Å²) in [6.45, 7) is 2.18. The maximum Gasteiger partial charge on any atom is 0.144 e. The van der Waals surface area contributed by atoms with Crippen LogP contribution >= 0.6 is 0 Å². The Hall–Kier alpha value is -1.09. The molecule has 0 saturated carbocycles. The van der Waals surface area contributed by atoms with Gasteiger partial charge in [0, 0.05) is 19.4 Å². The SMILES string of the molecule is CCC1C=CC(O)(c2nccn2C)CC1. The molecule has 0 saturated heterocycles. The smallest absolute Gasteiger partial charge is 0.144 e. The van der Waals surface area contributed by atoms with Crippen LogP contribution < -0.4 is 0 Å². The largest absolute Gasteiger partial charge is 0.378 e. The molecule has 1 N–H and O–H groups in total. The molecule has 1 heterocycles. The molecule has 0 bridgehead atoms. The molecule has 82 valence electrons. The van der Waals surface area contributed by atoms with Crippen LogP contribution in [0.2, 0.25) is 0 Å². The summed E-state index contributed by atoms with van der Waals surface area (Å²) >= 11 is 0. The maximum atomic E-state index is 10.5. The molecule has 0 aliphatic heterocycles. The third kappa shape index (κ3) is 1.84. The fourth-order valence-electron chi connectivity index (χ4n) is 2.19. The summed E-state index contributed by atoms with van der Waals surface area (Å²) in [4.78, 5) is 4.22. The van der Waals surface area contributed by atoms with Crippen molar-refractivity contribution >= 4 is 0 Å². The van der Waals surface area contributed by atoms with Gasteiger partial charge in [-0.15, -0.1) is 0 Å². The zero-order valence-corrected chi connectivity index (χ0v) is 9.35. The third-order valence-corrected chi connectivity index (χ3v) is 3.27. The molecule has 2 atom stereocenters. The first kappa shape index (κ1) is 10.4. The zero-order valence-electron chi connectivity index (χ0n) is 9.35.